The van der Waals surface area contributed by atoms with Crippen LogP contribution in [0.1, 0.15) is 19.4 Å². The third-order valence-corrected chi connectivity index (χ3v) is 5.71. The summed E-state index contributed by atoms with van der Waals surface area (Å²) in [4.78, 5) is 7.18. The molecule has 0 aromatic heterocycles. The van der Waals surface area contributed by atoms with Gasteiger partial charge in [0.25, 0.3) is 0 Å². The molecule has 2 atom stereocenters. The Bertz CT molecular complexity index is 712. The molecule has 0 unspecified atom stereocenters. The maximum atomic E-state index is 9.86. The maximum Gasteiger partial charge on any atom is 0.0639 e. The molecular formula is C25H37N3O2. The molecule has 30 heavy (non-hydrogen) atoms. The van der Waals surface area contributed by atoms with E-state index >= 15 is 0 Å². The van der Waals surface area contributed by atoms with Crippen LogP contribution in [0.25, 0.3) is 11.1 Å². The standard InChI is InChI=1S/C25H37N3O2/c1-21(29)18-26-12-13-27(19-22(2)30)15-17-28(16-14-26)20-23-8-10-25(11-9-23)24-6-4-3-5-7-24/h3-11,21-22,29-30H,12-20H2,1-2H3/t21-,22-/m0/s1. The molecule has 2 N–H and O–H groups in total. The van der Waals surface area contributed by atoms with E-state index in [4.69, 9.17) is 0 Å². The zero-order valence-corrected chi connectivity index (χ0v) is 18.5. The highest BCUT2D eigenvalue weighted by molar-refractivity contribution is 5.63. The predicted octanol–water partition coefficient (Wildman–Crippen LogP) is 2.53. The van der Waals surface area contributed by atoms with Gasteiger partial charge in [0.05, 0.1) is 12.2 Å². The van der Waals surface area contributed by atoms with Crippen molar-refractivity contribution in [3.63, 3.8) is 0 Å². The lowest BCUT2D eigenvalue weighted by atomic mass is 10.0. The number of β-amino-alcohol motifs (C(OH)–C–C–N with tert-alkyl or cyclic N) is 2. The fourth-order valence-corrected chi connectivity index (χ4v) is 4.15. The number of aliphatic hydroxyl groups is 2. The van der Waals surface area contributed by atoms with E-state index in [1.165, 1.54) is 16.7 Å². The quantitative estimate of drug-likeness (QED) is 0.733. The summed E-state index contributed by atoms with van der Waals surface area (Å²) in [6.07, 6.45) is -0.648. The number of nitrogens with zero attached hydrogens (tertiary/aromatic N) is 3. The van der Waals surface area contributed by atoms with Crippen molar-refractivity contribution in [1.29, 1.82) is 0 Å². The Morgan fingerprint density at radius 1 is 0.633 bits per heavy atom. The van der Waals surface area contributed by atoms with Crippen LogP contribution in [0.4, 0.5) is 0 Å². The molecule has 1 saturated heterocycles. The molecule has 1 aliphatic heterocycles. The summed E-state index contributed by atoms with van der Waals surface area (Å²) in [5.74, 6) is 0. The highest BCUT2D eigenvalue weighted by atomic mass is 16.3. The van der Waals surface area contributed by atoms with Crippen LogP contribution in [0, 0.1) is 0 Å². The van der Waals surface area contributed by atoms with Crippen molar-refractivity contribution in [3.05, 3.63) is 60.2 Å². The minimum Gasteiger partial charge on any atom is -0.392 e. The SMILES string of the molecule is C[C@H](O)CN1CCN(Cc2ccc(-c3ccccc3)cc2)CCN(C[C@H](C)O)CC1. The van der Waals surface area contributed by atoms with Crippen LogP contribution < -0.4 is 0 Å². The van der Waals surface area contributed by atoms with Crippen molar-refractivity contribution in [2.75, 3.05) is 52.4 Å². The van der Waals surface area contributed by atoms with Gasteiger partial charge in [-0.15, -0.1) is 0 Å². The first-order valence-electron chi connectivity index (χ1n) is 11.2. The Hall–Kier alpha value is -1.76. The summed E-state index contributed by atoms with van der Waals surface area (Å²) in [7, 11) is 0. The molecule has 0 amide bonds. The Balaban J connectivity index is 1.65. The van der Waals surface area contributed by atoms with Crippen LogP contribution in [-0.4, -0.2) is 89.5 Å². The molecule has 0 bridgehead atoms. The summed E-state index contributed by atoms with van der Waals surface area (Å²) in [6.45, 7) is 11.7. The first-order valence-corrected chi connectivity index (χ1v) is 11.2. The minimum absolute atomic E-state index is 0.324. The minimum atomic E-state index is -0.324. The number of hydrogen-bond acceptors (Lipinski definition) is 5. The van der Waals surface area contributed by atoms with Crippen molar-refractivity contribution in [3.8, 4) is 11.1 Å². The predicted molar refractivity (Wildman–Crippen MR) is 123 cm³/mol. The van der Waals surface area contributed by atoms with Gasteiger partial charge < -0.3 is 10.2 Å². The second-order valence-corrected chi connectivity index (χ2v) is 8.64. The van der Waals surface area contributed by atoms with E-state index in [2.05, 4.69) is 63.2 Å². The van der Waals surface area contributed by atoms with Crippen molar-refractivity contribution >= 4 is 0 Å². The fourth-order valence-electron chi connectivity index (χ4n) is 4.15. The topological polar surface area (TPSA) is 50.2 Å². The van der Waals surface area contributed by atoms with Gasteiger partial charge >= 0.3 is 0 Å². The number of rotatable bonds is 7. The average Bonchev–Trinajstić information content (AvgIpc) is 2.81. The summed E-state index contributed by atoms with van der Waals surface area (Å²) < 4.78 is 0. The highest BCUT2D eigenvalue weighted by Crippen LogP contribution is 2.20. The van der Waals surface area contributed by atoms with Gasteiger partial charge in [0.1, 0.15) is 0 Å². The Morgan fingerprint density at radius 3 is 1.53 bits per heavy atom. The van der Waals surface area contributed by atoms with Gasteiger partial charge in [-0.05, 0) is 30.5 Å². The number of hydrogen-bond donors (Lipinski definition) is 2. The molecule has 0 saturated carbocycles. The van der Waals surface area contributed by atoms with Crippen molar-refractivity contribution < 1.29 is 10.2 Å². The number of aliphatic hydroxyl groups excluding tert-OH is 2. The molecule has 2 aromatic rings. The molecule has 3 rings (SSSR count). The van der Waals surface area contributed by atoms with Gasteiger partial charge in [-0.1, -0.05) is 54.6 Å². The summed E-state index contributed by atoms with van der Waals surface area (Å²) in [5.41, 5.74) is 3.81. The van der Waals surface area contributed by atoms with Gasteiger partial charge in [-0.2, -0.15) is 0 Å². The summed E-state index contributed by atoms with van der Waals surface area (Å²) in [6, 6.07) is 19.4. The van der Waals surface area contributed by atoms with E-state index in [0.717, 1.165) is 45.8 Å². The molecule has 5 heteroatoms. The van der Waals surface area contributed by atoms with Gasteiger partial charge in [0.15, 0.2) is 0 Å². The van der Waals surface area contributed by atoms with Crippen molar-refractivity contribution in [1.82, 2.24) is 14.7 Å². The van der Waals surface area contributed by atoms with E-state index in [1.54, 1.807) is 0 Å². The lowest BCUT2D eigenvalue weighted by Gasteiger charge is -2.27. The third-order valence-electron chi connectivity index (χ3n) is 5.71. The lowest BCUT2D eigenvalue weighted by molar-refractivity contribution is 0.102. The normalized spacial score (nSPS) is 19.6. The molecule has 1 heterocycles. The summed E-state index contributed by atoms with van der Waals surface area (Å²) >= 11 is 0. The van der Waals surface area contributed by atoms with Crippen molar-refractivity contribution in [2.24, 2.45) is 0 Å². The molecule has 1 aliphatic rings. The van der Waals surface area contributed by atoms with Crippen LogP contribution in [0.5, 0.6) is 0 Å². The van der Waals surface area contributed by atoms with E-state index in [-0.39, 0.29) is 12.2 Å². The smallest absolute Gasteiger partial charge is 0.0639 e. The Kier molecular flexibility index (Phi) is 8.85. The fraction of sp³-hybridized carbons (Fsp3) is 0.520. The van der Waals surface area contributed by atoms with E-state index in [0.29, 0.717) is 13.1 Å². The zero-order chi connectivity index (χ0) is 21.3. The average molecular weight is 412 g/mol. The Morgan fingerprint density at radius 2 is 1.07 bits per heavy atom. The van der Waals surface area contributed by atoms with Crippen LogP contribution in [-0.2, 0) is 6.54 Å². The van der Waals surface area contributed by atoms with Crippen LogP contribution in [0.15, 0.2) is 54.6 Å². The van der Waals surface area contributed by atoms with Gasteiger partial charge in [-0.3, -0.25) is 14.7 Å². The monoisotopic (exact) mass is 411 g/mol. The first-order chi connectivity index (χ1) is 14.5. The summed E-state index contributed by atoms with van der Waals surface area (Å²) in [5, 5.41) is 19.7. The van der Waals surface area contributed by atoms with E-state index in [9.17, 15) is 10.2 Å². The van der Waals surface area contributed by atoms with Gasteiger partial charge in [-0.25, -0.2) is 0 Å². The molecule has 0 radical (unpaired) electrons. The van der Waals surface area contributed by atoms with E-state index in [1.807, 2.05) is 19.9 Å². The van der Waals surface area contributed by atoms with Crippen LogP contribution in [0.2, 0.25) is 0 Å². The first kappa shape index (κ1) is 22.9. The Labute approximate surface area is 181 Å². The largest absolute Gasteiger partial charge is 0.392 e. The van der Waals surface area contributed by atoms with Gasteiger partial charge in [0.2, 0.25) is 0 Å². The third kappa shape index (κ3) is 7.49. The molecule has 5 nitrogen and oxygen atoms in total. The molecule has 2 aromatic carbocycles. The number of benzene rings is 2. The van der Waals surface area contributed by atoms with E-state index < -0.39 is 0 Å². The van der Waals surface area contributed by atoms with Crippen molar-refractivity contribution in [2.45, 2.75) is 32.6 Å². The zero-order valence-electron chi connectivity index (χ0n) is 18.5. The molecule has 0 spiro atoms. The van der Waals surface area contributed by atoms with Crippen LogP contribution >= 0.6 is 0 Å². The molecule has 164 valence electrons. The maximum absolute atomic E-state index is 9.86. The molecule has 1 fully saturated rings. The lowest BCUT2D eigenvalue weighted by Crippen LogP contribution is -2.41. The second kappa shape index (κ2) is 11.6. The second-order valence-electron chi connectivity index (χ2n) is 8.64. The highest BCUT2D eigenvalue weighted by Gasteiger charge is 2.18. The van der Waals surface area contributed by atoms with Crippen LogP contribution in [0.3, 0.4) is 0 Å². The molecule has 0 aliphatic carbocycles. The molecular weight excluding hydrogens is 374 g/mol. The van der Waals surface area contributed by atoms with Gasteiger partial charge in [0, 0.05) is 58.9 Å².